The molecule has 5 nitrogen and oxygen atoms in total. The summed E-state index contributed by atoms with van der Waals surface area (Å²) in [7, 11) is 0. The van der Waals surface area contributed by atoms with Crippen LogP contribution in [0.15, 0.2) is 60.9 Å². The van der Waals surface area contributed by atoms with Gasteiger partial charge in [0.15, 0.2) is 0 Å². The lowest BCUT2D eigenvalue weighted by molar-refractivity contribution is -0.131. The van der Waals surface area contributed by atoms with Crippen LogP contribution in [0.1, 0.15) is 42.9 Å². The highest BCUT2D eigenvalue weighted by atomic mass is 16.2. The van der Waals surface area contributed by atoms with Gasteiger partial charge in [-0.2, -0.15) is 0 Å². The predicted octanol–water partition coefficient (Wildman–Crippen LogP) is 3.74. The fraction of sp³-hybridized carbons (Fsp3) is 0.318. The molecule has 0 spiro atoms. The standard InChI is InChI=1S/C22H24N4O/c1-2-20-23-13-15-26(20)21-12-6-10-18(24-21)19-11-7-14-25(19)22(27)16-17-8-4-3-5-9-17/h3-6,8-10,12-13,15,19H,2,7,11,14,16H2,1H3/t19-/m0/s1. The van der Waals surface area contributed by atoms with Crippen LogP contribution in [0.25, 0.3) is 5.82 Å². The first-order chi connectivity index (χ1) is 13.3. The molecule has 2 aromatic heterocycles. The van der Waals surface area contributed by atoms with Crippen LogP contribution in [-0.4, -0.2) is 31.9 Å². The maximum Gasteiger partial charge on any atom is 0.227 e. The number of nitrogens with zero attached hydrogens (tertiary/aromatic N) is 4. The van der Waals surface area contributed by atoms with Crippen LogP contribution in [0, 0.1) is 0 Å². The fourth-order valence-electron chi connectivity index (χ4n) is 3.81. The Bertz CT molecular complexity index is 919. The van der Waals surface area contributed by atoms with Crippen LogP contribution in [0.4, 0.5) is 0 Å². The number of imidazole rings is 1. The number of pyridine rings is 1. The van der Waals surface area contributed by atoms with Crippen LogP contribution in [-0.2, 0) is 17.6 Å². The highest BCUT2D eigenvalue weighted by Crippen LogP contribution is 2.31. The molecule has 0 bridgehead atoms. The molecule has 1 atom stereocenters. The molecule has 3 heterocycles. The van der Waals surface area contributed by atoms with Gasteiger partial charge in [-0.05, 0) is 30.5 Å². The molecule has 0 N–H and O–H groups in total. The molecule has 3 aromatic rings. The highest BCUT2D eigenvalue weighted by molar-refractivity contribution is 5.79. The Morgan fingerprint density at radius 3 is 2.81 bits per heavy atom. The van der Waals surface area contributed by atoms with Gasteiger partial charge in [-0.3, -0.25) is 9.36 Å². The van der Waals surface area contributed by atoms with E-state index in [1.54, 1.807) is 6.20 Å². The van der Waals surface area contributed by atoms with E-state index in [9.17, 15) is 4.79 Å². The maximum absolute atomic E-state index is 12.9. The van der Waals surface area contributed by atoms with Crippen molar-refractivity contribution in [3.05, 3.63) is 78.0 Å². The van der Waals surface area contributed by atoms with Crippen molar-refractivity contribution in [3.63, 3.8) is 0 Å². The summed E-state index contributed by atoms with van der Waals surface area (Å²) in [4.78, 5) is 24.2. The number of likely N-dealkylation sites (tertiary alicyclic amines) is 1. The first kappa shape index (κ1) is 17.5. The van der Waals surface area contributed by atoms with Crippen molar-refractivity contribution < 1.29 is 4.79 Å². The Labute approximate surface area is 159 Å². The molecule has 1 aliphatic heterocycles. The third-order valence-corrected chi connectivity index (χ3v) is 5.15. The van der Waals surface area contributed by atoms with Crippen LogP contribution in [0.5, 0.6) is 0 Å². The fourth-order valence-corrected chi connectivity index (χ4v) is 3.81. The van der Waals surface area contributed by atoms with E-state index in [-0.39, 0.29) is 11.9 Å². The minimum absolute atomic E-state index is 0.0507. The Balaban J connectivity index is 1.57. The topological polar surface area (TPSA) is 51.0 Å². The molecule has 0 aliphatic carbocycles. The SMILES string of the molecule is CCc1nccn1-c1cccc([C@@H]2CCCN2C(=O)Cc2ccccc2)n1. The number of amides is 1. The lowest BCUT2D eigenvalue weighted by Gasteiger charge is -2.25. The van der Waals surface area contributed by atoms with E-state index in [1.165, 1.54) is 0 Å². The zero-order valence-electron chi connectivity index (χ0n) is 15.6. The summed E-state index contributed by atoms with van der Waals surface area (Å²) < 4.78 is 2.02. The van der Waals surface area contributed by atoms with Gasteiger partial charge < -0.3 is 4.90 Å². The van der Waals surface area contributed by atoms with E-state index in [0.717, 1.165) is 48.7 Å². The molecular weight excluding hydrogens is 336 g/mol. The molecular formula is C22H24N4O. The van der Waals surface area contributed by atoms with Gasteiger partial charge in [-0.15, -0.1) is 0 Å². The maximum atomic E-state index is 12.9. The molecule has 0 unspecified atom stereocenters. The Morgan fingerprint density at radius 2 is 2.00 bits per heavy atom. The second kappa shape index (κ2) is 7.74. The van der Waals surface area contributed by atoms with E-state index in [0.29, 0.717) is 6.42 Å². The molecule has 138 valence electrons. The molecule has 1 aromatic carbocycles. The summed E-state index contributed by atoms with van der Waals surface area (Å²) in [5.41, 5.74) is 2.02. The molecule has 1 amide bonds. The molecule has 4 rings (SSSR count). The normalized spacial score (nSPS) is 16.6. The Hall–Kier alpha value is -2.95. The Kier molecular flexibility index (Phi) is 5.01. The number of benzene rings is 1. The first-order valence-corrected chi connectivity index (χ1v) is 9.59. The smallest absolute Gasteiger partial charge is 0.227 e. The van der Waals surface area contributed by atoms with E-state index in [2.05, 4.69) is 11.9 Å². The van der Waals surface area contributed by atoms with Crippen molar-refractivity contribution in [2.75, 3.05) is 6.54 Å². The van der Waals surface area contributed by atoms with Crippen LogP contribution >= 0.6 is 0 Å². The summed E-state index contributed by atoms with van der Waals surface area (Å²) in [6.45, 7) is 2.89. The summed E-state index contributed by atoms with van der Waals surface area (Å²) in [6.07, 6.45) is 7.02. The van der Waals surface area contributed by atoms with E-state index >= 15 is 0 Å². The van der Waals surface area contributed by atoms with E-state index < -0.39 is 0 Å². The van der Waals surface area contributed by atoms with Crippen LogP contribution < -0.4 is 0 Å². The van der Waals surface area contributed by atoms with Gasteiger partial charge >= 0.3 is 0 Å². The van der Waals surface area contributed by atoms with Gasteiger partial charge in [0.2, 0.25) is 5.91 Å². The average molecular weight is 360 g/mol. The van der Waals surface area contributed by atoms with Gasteiger partial charge in [-0.25, -0.2) is 9.97 Å². The number of carbonyl (C=O) groups excluding carboxylic acids is 1. The minimum Gasteiger partial charge on any atom is -0.334 e. The van der Waals surface area contributed by atoms with E-state index in [4.69, 9.17) is 4.98 Å². The number of carbonyl (C=O) groups is 1. The van der Waals surface area contributed by atoms with Gasteiger partial charge in [0, 0.05) is 25.4 Å². The molecule has 0 saturated carbocycles. The third-order valence-electron chi connectivity index (χ3n) is 5.15. The summed E-state index contributed by atoms with van der Waals surface area (Å²) in [5, 5.41) is 0. The second-order valence-corrected chi connectivity index (χ2v) is 6.90. The first-order valence-electron chi connectivity index (χ1n) is 9.59. The number of hydrogen-bond donors (Lipinski definition) is 0. The molecule has 1 saturated heterocycles. The molecule has 27 heavy (non-hydrogen) atoms. The van der Waals surface area contributed by atoms with Crippen molar-refractivity contribution >= 4 is 5.91 Å². The van der Waals surface area contributed by atoms with Gasteiger partial charge in [-0.1, -0.05) is 43.3 Å². The zero-order valence-corrected chi connectivity index (χ0v) is 15.6. The lowest BCUT2D eigenvalue weighted by Crippen LogP contribution is -2.32. The van der Waals surface area contributed by atoms with E-state index in [1.807, 2.05) is 64.2 Å². The van der Waals surface area contributed by atoms with Crippen molar-refractivity contribution in [2.45, 2.75) is 38.6 Å². The third kappa shape index (κ3) is 3.63. The largest absolute Gasteiger partial charge is 0.334 e. The molecule has 5 heteroatoms. The summed E-state index contributed by atoms with van der Waals surface area (Å²) in [6, 6.07) is 16.0. The summed E-state index contributed by atoms with van der Waals surface area (Å²) in [5.74, 6) is 2.03. The lowest BCUT2D eigenvalue weighted by atomic mass is 10.1. The van der Waals surface area contributed by atoms with Gasteiger partial charge in [0.1, 0.15) is 11.6 Å². The van der Waals surface area contributed by atoms with Gasteiger partial charge in [0.25, 0.3) is 0 Å². The molecule has 1 fully saturated rings. The zero-order chi connectivity index (χ0) is 18.6. The van der Waals surface area contributed by atoms with Crippen LogP contribution in [0.2, 0.25) is 0 Å². The monoisotopic (exact) mass is 360 g/mol. The minimum atomic E-state index is 0.0507. The van der Waals surface area contributed by atoms with Crippen molar-refractivity contribution in [1.82, 2.24) is 19.4 Å². The quantitative estimate of drug-likeness (QED) is 0.696. The number of aryl methyl sites for hydroxylation is 1. The Morgan fingerprint density at radius 1 is 1.15 bits per heavy atom. The number of hydrogen-bond acceptors (Lipinski definition) is 3. The molecule has 1 aliphatic rings. The average Bonchev–Trinajstić information content (AvgIpc) is 3.38. The van der Waals surface area contributed by atoms with Crippen molar-refractivity contribution in [3.8, 4) is 5.82 Å². The number of aromatic nitrogens is 3. The predicted molar refractivity (Wildman–Crippen MR) is 105 cm³/mol. The highest BCUT2D eigenvalue weighted by Gasteiger charge is 2.31. The van der Waals surface area contributed by atoms with Crippen molar-refractivity contribution in [1.29, 1.82) is 0 Å². The number of rotatable bonds is 5. The van der Waals surface area contributed by atoms with Gasteiger partial charge in [0.05, 0.1) is 18.2 Å². The summed E-state index contributed by atoms with van der Waals surface area (Å²) >= 11 is 0. The second-order valence-electron chi connectivity index (χ2n) is 6.90. The van der Waals surface area contributed by atoms with Crippen molar-refractivity contribution in [2.24, 2.45) is 0 Å². The van der Waals surface area contributed by atoms with Crippen LogP contribution in [0.3, 0.4) is 0 Å². The molecule has 0 radical (unpaired) electrons.